The van der Waals surface area contributed by atoms with Crippen LogP contribution in [0.25, 0.3) is 0 Å². The van der Waals surface area contributed by atoms with Gasteiger partial charge in [-0.25, -0.2) is 0 Å². The van der Waals surface area contributed by atoms with Crippen molar-refractivity contribution in [3.8, 4) is 0 Å². The summed E-state index contributed by atoms with van der Waals surface area (Å²) in [6.45, 7) is 5.29. The van der Waals surface area contributed by atoms with Gasteiger partial charge in [0, 0.05) is 13.1 Å². The van der Waals surface area contributed by atoms with Gasteiger partial charge < -0.3 is 10.6 Å². The summed E-state index contributed by atoms with van der Waals surface area (Å²) in [5.74, 6) is 0.0787. The zero-order valence-corrected chi connectivity index (χ0v) is 7.26. The van der Waals surface area contributed by atoms with Gasteiger partial charge in [-0.05, 0) is 26.7 Å². The fourth-order valence-electron chi connectivity index (χ4n) is 1.33. The maximum absolute atomic E-state index is 11.5. The van der Waals surface area contributed by atoms with Gasteiger partial charge in [-0.15, -0.1) is 0 Å². The number of likely N-dealkylation sites (tertiary alicyclic amines) is 1. The van der Waals surface area contributed by atoms with Crippen LogP contribution in [0.2, 0.25) is 0 Å². The number of rotatable bonds is 1. The first kappa shape index (κ1) is 8.53. The van der Waals surface area contributed by atoms with E-state index in [1.807, 2.05) is 4.90 Å². The van der Waals surface area contributed by atoms with Gasteiger partial charge in [0.2, 0.25) is 5.91 Å². The Bertz CT molecular complexity index is 154. The molecule has 1 heterocycles. The van der Waals surface area contributed by atoms with Crippen molar-refractivity contribution in [1.29, 1.82) is 0 Å². The molecule has 1 aliphatic rings. The van der Waals surface area contributed by atoms with Crippen molar-refractivity contribution in [2.75, 3.05) is 13.1 Å². The molecule has 0 aromatic rings. The van der Waals surface area contributed by atoms with Gasteiger partial charge >= 0.3 is 0 Å². The van der Waals surface area contributed by atoms with Crippen LogP contribution in [0, 0.1) is 0 Å². The second-order valence-corrected chi connectivity index (χ2v) is 3.72. The van der Waals surface area contributed by atoms with Crippen molar-refractivity contribution in [1.82, 2.24) is 4.90 Å². The second-order valence-electron chi connectivity index (χ2n) is 3.72. The summed E-state index contributed by atoms with van der Waals surface area (Å²) in [5, 5.41) is 0. The first-order valence-corrected chi connectivity index (χ1v) is 4.10. The molecule has 1 fully saturated rings. The van der Waals surface area contributed by atoms with Gasteiger partial charge in [0.05, 0.1) is 5.54 Å². The molecule has 3 heteroatoms. The molecular formula is C8H16N2O. The van der Waals surface area contributed by atoms with E-state index in [2.05, 4.69) is 0 Å². The highest BCUT2D eigenvalue weighted by Gasteiger charge is 2.29. The molecule has 0 atom stereocenters. The van der Waals surface area contributed by atoms with E-state index in [0.29, 0.717) is 0 Å². The monoisotopic (exact) mass is 156 g/mol. The summed E-state index contributed by atoms with van der Waals surface area (Å²) in [4.78, 5) is 13.3. The van der Waals surface area contributed by atoms with Crippen LogP contribution in [0.15, 0.2) is 0 Å². The van der Waals surface area contributed by atoms with E-state index in [0.717, 1.165) is 25.9 Å². The molecule has 0 aliphatic carbocycles. The molecule has 64 valence electrons. The number of nitrogens with zero attached hydrogens (tertiary/aromatic N) is 1. The Morgan fingerprint density at radius 2 is 1.82 bits per heavy atom. The third kappa shape index (κ3) is 1.93. The Morgan fingerprint density at radius 3 is 2.18 bits per heavy atom. The van der Waals surface area contributed by atoms with Crippen molar-refractivity contribution in [2.45, 2.75) is 32.2 Å². The minimum absolute atomic E-state index is 0.0787. The lowest BCUT2D eigenvalue weighted by atomic mass is 10.1. The number of hydrogen-bond donors (Lipinski definition) is 1. The molecule has 0 aromatic heterocycles. The number of nitrogens with two attached hydrogens (primary N) is 1. The van der Waals surface area contributed by atoms with Crippen molar-refractivity contribution in [3.05, 3.63) is 0 Å². The molecule has 0 saturated carbocycles. The zero-order valence-electron chi connectivity index (χ0n) is 7.26. The number of carbonyl (C=O) groups excluding carboxylic acids is 1. The van der Waals surface area contributed by atoms with Crippen LogP contribution in [0.5, 0.6) is 0 Å². The highest BCUT2D eigenvalue weighted by atomic mass is 16.2. The lowest BCUT2D eigenvalue weighted by Gasteiger charge is -2.24. The highest BCUT2D eigenvalue weighted by molar-refractivity contribution is 5.85. The summed E-state index contributed by atoms with van der Waals surface area (Å²) in [6, 6.07) is 0. The van der Waals surface area contributed by atoms with Gasteiger partial charge in [0.15, 0.2) is 0 Å². The topological polar surface area (TPSA) is 46.3 Å². The molecule has 11 heavy (non-hydrogen) atoms. The third-order valence-electron chi connectivity index (χ3n) is 1.94. The van der Waals surface area contributed by atoms with Gasteiger partial charge in [-0.3, -0.25) is 4.79 Å². The van der Waals surface area contributed by atoms with Crippen LogP contribution in [0.1, 0.15) is 26.7 Å². The van der Waals surface area contributed by atoms with Gasteiger partial charge in [0.1, 0.15) is 0 Å². The molecule has 1 amide bonds. The van der Waals surface area contributed by atoms with Gasteiger partial charge in [-0.2, -0.15) is 0 Å². The maximum atomic E-state index is 11.5. The first-order valence-electron chi connectivity index (χ1n) is 4.10. The van der Waals surface area contributed by atoms with Crippen LogP contribution in [-0.4, -0.2) is 29.4 Å². The van der Waals surface area contributed by atoms with Crippen LogP contribution >= 0.6 is 0 Å². The Balaban J connectivity index is 2.53. The minimum atomic E-state index is -0.690. The van der Waals surface area contributed by atoms with E-state index in [9.17, 15) is 4.79 Å². The van der Waals surface area contributed by atoms with Crippen LogP contribution < -0.4 is 5.73 Å². The predicted octanol–water partition coefficient (Wildman–Crippen LogP) is 0.346. The van der Waals surface area contributed by atoms with E-state index < -0.39 is 5.54 Å². The van der Waals surface area contributed by atoms with E-state index in [4.69, 9.17) is 5.73 Å². The Hall–Kier alpha value is -0.570. The number of hydrogen-bond acceptors (Lipinski definition) is 2. The summed E-state index contributed by atoms with van der Waals surface area (Å²) in [6.07, 6.45) is 2.25. The lowest BCUT2D eigenvalue weighted by Crippen LogP contribution is -2.50. The van der Waals surface area contributed by atoms with Crippen molar-refractivity contribution in [3.63, 3.8) is 0 Å². The zero-order chi connectivity index (χ0) is 8.48. The van der Waals surface area contributed by atoms with E-state index in [1.165, 1.54) is 0 Å². The fraction of sp³-hybridized carbons (Fsp3) is 0.875. The Morgan fingerprint density at radius 1 is 1.36 bits per heavy atom. The summed E-state index contributed by atoms with van der Waals surface area (Å²) >= 11 is 0. The average Bonchev–Trinajstić information content (AvgIpc) is 2.34. The molecule has 2 N–H and O–H groups in total. The Kier molecular flexibility index (Phi) is 2.18. The number of carbonyl (C=O) groups is 1. The second kappa shape index (κ2) is 2.81. The first-order chi connectivity index (χ1) is 5.02. The summed E-state index contributed by atoms with van der Waals surface area (Å²) in [7, 11) is 0. The molecule has 0 bridgehead atoms. The summed E-state index contributed by atoms with van der Waals surface area (Å²) < 4.78 is 0. The smallest absolute Gasteiger partial charge is 0.242 e. The summed E-state index contributed by atoms with van der Waals surface area (Å²) in [5.41, 5.74) is 4.98. The fourth-order valence-corrected chi connectivity index (χ4v) is 1.33. The van der Waals surface area contributed by atoms with Crippen LogP contribution in [-0.2, 0) is 4.79 Å². The molecule has 1 rings (SSSR count). The molecule has 1 saturated heterocycles. The Labute approximate surface area is 67.5 Å². The van der Waals surface area contributed by atoms with Crippen LogP contribution in [0.4, 0.5) is 0 Å². The molecule has 1 aliphatic heterocycles. The highest BCUT2D eigenvalue weighted by Crippen LogP contribution is 2.12. The van der Waals surface area contributed by atoms with Gasteiger partial charge in [-0.1, -0.05) is 0 Å². The molecular weight excluding hydrogens is 140 g/mol. The average molecular weight is 156 g/mol. The standard InChI is InChI=1S/C8H16N2O/c1-8(2,9)7(11)10-5-3-4-6-10/h3-6,9H2,1-2H3. The molecule has 0 radical (unpaired) electrons. The van der Waals surface area contributed by atoms with Crippen LogP contribution in [0.3, 0.4) is 0 Å². The molecule has 0 unspecified atom stereocenters. The molecule has 3 nitrogen and oxygen atoms in total. The largest absolute Gasteiger partial charge is 0.341 e. The molecule has 0 aromatic carbocycles. The van der Waals surface area contributed by atoms with Gasteiger partial charge in [0.25, 0.3) is 0 Å². The minimum Gasteiger partial charge on any atom is -0.341 e. The lowest BCUT2D eigenvalue weighted by molar-refractivity contribution is -0.134. The predicted molar refractivity (Wildman–Crippen MR) is 44.1 cm³/mol. The quantitative estimate of drug-likeness (QED) is 0.595. The molecule has 0 spiro atoms. The normalized spacial score (nSPS) is 19.0. The van der Waals surface area contributed by atoms with E-state index in [1.54, 1.807) is 13.8 Å². The van der Waals surface area contributed by atoms with E-state index >= 15 is 0 Å². The van der Waals surface area contributed by atoms with Crippen molar-refractivity contribution < 1.29 is 4.79 Å². The third-order valence-corrected chi connectivity index (χ3v) is 1.94. The maximum Gasteiger partial charge on any atom is 0.242 e. The van der Waals surface area contributed by atoms with Crippen molar-refractivity contribution >= 4 is 5.91 Å². The SMILES string of the molecule is CC(C)(N)C(=O)N1CCCC1. The van der Waals surface area contributed by atoms with E-state index in [-0.39, 0.29) is 5.91 Å². The number of amides is 1. The van der Waals surface area contributed by atoms with Crippen molar-refractivity contribution in [2.24, 2.45) is 5.73 Å².